The molecule has 1 amide bonds. The summed E-state index contributed by atoms with van der Waals surface area (Å²) in [7, 11) is 1.58. The van der Waals surface area contributed by atoms with Crippen molar-refractivity contribution in [3.8, 4) is 22.9 Å². The third-order valence-corrected chi connectivity index (χ3v) is 6.10. The van der Waals surface area contributed by atoms with Crippen LogP contribution in [-0.4, -0.2) is 58.0 Å². The highest BCUT2D eigenvalue weighted by atomic mass is 19.4. The number of carbonyl (C=O) groups is 1. The van der Waals surface area contributed by atoms with Gasteiger partial charge in [0.2, 0.25) is 11.9 Å². The number of ether oxygens (including phenoxy) is 2. The predicted octanol–water partition coefficient (Wildman–Crippen LogP) is 4.36. The number of aromatic nitrogens is 4. The fraction of sp³-hybridized carbons (Fsp3) is 0.360. The summed E-state index contributed by atoms with van der Waals surface area (Å²) in [6, 6.07) is 11.6. The van der Waals surface area contributed by atoms with Crippen LogP contribution in [0, 0.1) is 0 Å². The largest absolute Gasteiger partial charge is 0.497 e. The Bertz CT molecular complexity index is 1420. The van der Waals surface area contributed by atoms with Crippen molar-refractivity contribution in [2.24, 2.45) is 0 Å². The zero-order valence-corrected chi connectivity index (χ0v) is 20.0. The Morgan fingerprint density at radius 3 is 2.70 bits per heavy atom. The van der Waals surface area contributed by atoms with Gasteiger partial charge in [0.1, 0.15) is 23.1 Å². The van der Waals surface area contributed by atoms with Gasteiger partial charge in [0.25, 0.3) is 0 Å². The van der Waals surface area contributed by atoms with Crippen LogP contribution >= 0.6 is 0 Å². The number of nitrogens with one attached hydrogen (secondary N) is 2. The van der Waals surface area contributed by atoms with Crippen LogP contribution in [0.4, 0.5) is 19.1 Å². The summed E-state index contributed by atoms with van der Waals surface area (Å²) >= 11 is 0. The molecule has 1 atom stereocenters. The van der Waals surface area contributed by atoms with E-state index in [2.05, 4.69) is 20.7 Å². The molecule has 5 rings (SSSR count). The van der Waals surface area contributed by atoms with E-state index in [9.17, 15) is 18.0 Å². The lowest BCUT2D eigenvalue weighted by Gasteiger charge is -2.17. The monoisotopic (exact) mass is 514 g/mol. The van der Waals surface area contributed by atoms with E-state index in [1.807, 2.05) is 12.1 Å². The molecule has 1 unspecified atom stereocenters. The summed E-state index contributed by atoms with van der Waals surface area (Å²) < 4.78 is 50.4. The van der Waals surface area contributed by atoms with Crippen molar-refractivity contribution in [2.45, 2.75) is 37.9 Å². The molecule has 2 aromatic heterocycles. The molecule has 9 nitrogen and oxygen atoms in total. The second-order valence-electron chi connectivity index (χ2n) is 8.68. The molecule has 37 heavy (non-hydrogen) atoms. The van der Waals surface area contributed by atoms with E-state index in [4.69, 9.17) is 14.5 Å². The van der Waals surface area contributed by atoms with Crippen LogP contribution in [0.3, 0.4) is 0 Å². The third-order valence-electron chi connectivity index (χ3n) is 6.10. The number of amides is 1. The first-order valence-corrected chi connectivity index (χ1v) is 11.9. The van der Waals surface area contributed by atoms with Gasteiger partial charge in [-0.25, -0.2) is 9.97 Å². The standard InChI is InChI=1S/C25H25F3N6O3/c1-36-16-10-8-15(9-11-16)21-32-22-17-5-4-7-19(37-14-12-25(26,27)28)20(17)31-24(34(22)33-21)30-18-6-2-3-13-29-23(18)35/h4-5,7-11,18H,2-3,6,12-14H2,1H3,(H,29,35)(H,30,31). The number of carbonyl (C=O) groups excluding carboxylic acids is 1. The Kier molecular flexibility index (Phi) is 6.72. The minimum Gasteiger partial charge on any atom is -0.497 e. The quantitative estimate of drug-likeness (QED) is 0.378. The first kappa shape index (κ1) is 24.6. The van der Waals surface area contributed by atoms with E-state index in [0.29, 0.717) is 41.1 Å². The van der Waals surface area contributed by atoms with E-state index >= 15 is 0 Å². The van der Waals surface area contributed by atoms with Crippen molar-refractivity contribution in [3.63, 3.8) is 0 Å². The molecule has 194 valence electrons. The van der Waals surface area contributed by atoms with E-state index < -0.39 is 25.2 Å². The third kappa shape index (κ3) is 5.37. The highest BCUT2D eigenvalue weighted by molar-refractivity contribution is 5.96. The first-order valence-electron chi connectivity index (χ1n) is 11.9. The molecule has 0 bridgehead atoms. The molecule has 1 saturated heterocycles. The molecule has 0 radical (unpaired) electrons. The van der Waals surface area contributed by atoms with E-state index in [0.717, 1.165) is 18.4 Å². The number of benzene rings is 2. The SMILES string of the molecule is COc1ccc(-c2nc3c4cccc(OCCC(F)(F)F)c4nc(NC4CCCCNC4=O)n3n2)cc1. The molecule has 2 aromatic carbocycles. The number of para-hydroxylation sites is 1. The number of anilines is 1. The lowest BCUT2D eigenvalue weighted by Crippen LogP contribution is -2.38. The maximum Gasteiger partial charge on any atom is 0.392 e. The average Bonchev–Trinajstić information content (AvgIpc) is 3.23. The minimum atomic E-state index is -4.34. The topological polar surface area (TPSA) is 103 Å². The predicted molar refractivity (Wildman–Crippen MR) is 131 cm³/mol. The fourth-order valence-corrected chi connectivity index (χ4v) is 4.19. The normalized spacial score (nSPS) is 16.4. The van der Waals surface area contributed by atoms with Gasteiger partial charge in [0.05, 0.1) is 20.1 Å². The molecule has 12 heteroatoms. The van der Waals surface area contributed by atoms with Gasteiger partial charge in [0.15, 0.2) is 11.5 Å². The summed E-state index contributed by atoms with van der Waals surface area (Å²) in [5.41, 5.74) is 1.48. The van der Waals surface area contributed by atoms with Gasteiger partial charge in [-0.15, -0.1) is 5.10 Å². The van der Waals surface area contributed by atoms with Gasteiger partial charge >= 0.3 is 6.18 Å². The van der Waals surface area contributed by atoms with Gasteiger partial charge in [-0.05, 0) is 55.7 Å². The van der Waals surface area contributed by atoms with Crippen LogP contribution in [0.1, 0.15) is 25.7 Å². The number of hydrogen-bond donors (Lipinski definition) is 2. The molecule has 3 heterocycles. The molecule has 0 aliphatic carbocycles. The van der Waals surface area contributed by atoms with Crippen LogP contribution in [0.15, 0.2) is 42.5 Å². The van der Waals surface area contributed by atoms with Crippen LogP contribution < -0.4 is 20.1 Å². The van der Waals surface area contributed by atoms with Gasteiger partial charge in [-0.1, -0.05) is 6.07 Å². The number of alkyl halides is 3. The lowest BCUT2D eigenvalue weighted by molar-refractivity contribution is -0.139. The van der Waals surface area contributed by atoms with Crippen molar-refractivity contribution in [1.82, 2.24) is 24.9 Å². The molecule has 0 saturated carbocycles. The Morgan fingerprint density at radius 1 is 1.14 bits per heavy atom. The minimum absolute atomic E-state index is 0.155. The summed E-state index contributed by atoms with van der Waals surface area (Å²) in [6.45, 7) is 0.0484. The van der Waals surface area contributed by atoms with Gasteiger partial charge in [-0.2, -0.15) is 17.7 Å². The second kappa shape index (κ2) is 10.1. The summed E-state index contributed by atoms with van der Waals surface area (Å²) in [5, 5.41) is 11.2. The van der Waals surface area contributed by atoms with Crippen LogP contribution in [-0.2, 0) is 4.79 Å². The van der Waals surface area contributed by atoms with Crippen molar-refractivity contribution in [1.29, 1.82) is 0 Å². The van der Waals surface area contributed by atoms with Crippen molar-refractivity contribution < 1.29 is 27.4 Å². The smallest absolute Gasteiger partial charge is 0.392 e. The number of hydrogen-bond acceptors (Lipinski definition) is 7. The second-order valence-corrected chi connectivity index (χ2v) is 8.68. The summed E-state index contributed by atoms with van der Waals surface area (Å²) in [4.78, 5) is 22.0. The maximum atomic E-state index is 12.7. The summed E-state index contributed by atoms with van der Waals surface area (Å²) in [5.74, 6) is 1.36. The lowest BCUT2D eigenvalue weighted by atomic mass is 10.1. The average molecular weight is 515 g/mol. The molecular weight excluding hydrogens is 489 g/mol. The number of nitrogens with zero attached hydrogens (tertiary/aromatic N) is 4. The Labute approximate surface area is 210 Å². The Hall–Kier alpha value is -4.09. The number of methoxy groups -OCH3 is 1. The van der Waals surface area contributed by atoms with Crippen LogP contribution in [0.25, 0.3) is 27.9 Å². The van der Waals surface area contributed by atoms with E-state index in [1.54, 1.807) is 37.4 Å². The summed E-state index contributed by atoms with van der Waals surface area (Å²) in [6.07, 6.45) is -3.13. The Balaban J connectivity index is 1.61. The number of halogens is 3. The molecule has 1 fully saturated rings. The van der Waals surface area contributed by atoms with Gasteiger partial charge < -0.3 is 20.1 Å². The highest BCUT2D eigenvalue weighted by Gasteiger charge is 2.28. The molecule has 1 aliphatic heterocycles. The highest BCUT2D eigenvalue weighted by Crippen LogP contribution is 2.31. The fourth-order valence-electron chi connectivity index (χ4n) is 4.19. The maximum absolute atomic E-state index is 12.7. The van der Waals surface area contributed by atoms with Gasteiger partial charge in [0, 0.05) is 17.5 Å². The number of fused-ring (bicyclic) bond motifs is 3. The molecular formula is C25H25F3N6O3. The zero-order chi connectivity index (χ0) is 26.0. The van der Waals surface area contributed by atoms with Crippen LogP contribution in [0.5, 0.6) is 11.5 Å². The molecule has 2 N–H and O–H groups in total. The van der Waals surface area contributed by atoms with Crippen molar-refractivity contribution in [2.75, 3.05) is 25.6 Å². The first-order chi connectivity index (χ1) is 17.8. The van der Waals surface area contributed by atoms with E-state index in [-0.39, 0.29) is 17.6 Å². The van der Waals surface area contributed by atoms with Gasteiger partial charge in [-0.3, -0.25) is 4.79 Å². The van der Waals surface area contributed by atoms with Crippen molar-refractivity contribution >= 4 is 28.4 Å². The van der Waals surface area contributed by atoms with Crippen molar-refractivity contribution in [3.05, 3.63) is 42.5 Å². The van der Waals surface area contributed by atoms with Crippen LogP contribution in [0.2, 0.25) is 0 Å². The molecule has 1 aliphatic rings. The molecule has 0 spiro atoms. The Morgan fingerprint density at radius 2 is 1.95 bits per heavy atom. The zero-order valence-electron chi connectivity index (χ0n) is 20.0. The van der Waals surface area contributed by atoms with E-state index in [1.165, 1.54) is 4.52 Å². The molecule has 4 aromatic rings. The number of rotatable bonds is 7.